The molecule has 1 heterocycles. The van der Waals surface area contributed by atoms with Crippen LogP contribution in [0.5, 0.6) is 5.75 Å². The molecule has 4 rings (SSSR count). The highest BCUT2D eigenvalue weighted by Crippen LogP contribution is 2.23. The van der Waals surface area contributed by atoms with Crippen LogP contribution >= 0.6 is 23.2 Å². The molecule has 0 saturated carbocycles. The van der Waals surface area contributed by atoms with Crippen LogP contribution in [0.3, 0.4) is 0 Å². The predicted molar refractivity (Wildman–Crippen MR) is 128 cm³/mol. The van der Waals surface area contributed by atoms with Gasteiger partial charge in [0.1, 0.15) is 12.4 Å². The standard InChI is InChI=1S/C25H21Cl2N3O2/c1-17-13-21(26)9-10-23(17)32-16-18-5-4-7-19(14-18)25(31)28-24-11-12-30(29-24)15-20-6-2-3-8-22(20)27/h2-14H,15-16H2,1H3,(H,28,29,31). The minimum Gasteiger partial charge on any atom is -0.489 e. The molecule has 0 saturated heterocycles. The van der Waals surface area contributed by atoms with E-state index in [1.807, 2.05) is 55.5 Å². The molecule has 0 atom stereocenters. The Morgan fingerprint density at radius 3 is 2.69 bits per heavy atom. The van der Waals surface area contributed by atoms with Crippen molar-refractivity contribution in [2.24, 2.45) is 0 Å². The maximum Gasteiger partial charge on any atom is 0.256 e. The first kappa shape index (κ1) is 21.9. The van der Waals surface area contributed by atoms with E-state index in [4.69, 9.17) is 27.9 Å². The number of aromatic nitrogens is 2. The Hall–Kier alpha value is -3.28. The van der Waals surface area contributed by atoms with Gasteiger partial charge in [0.15, 0.2) is 5.82 Å². The second-order valence-electron chi connectivity index (χ2n) is 7.34. The topological polar surface area (TPSA) is 56.1 Å². The van der Waals surface area contributed by atoms with Gasteiger partial charge < -0.3 is 10.1 Å². The van der Waals surface area contributed by atoms with Crippen LogP contribution in [0.25, 0.3) is 0 Å². The predicted octanol–water partition coefficient (Wildman–Crippen LogP) is 6.38. The van der Waals surface area contributed by atoms with E-state index in [0.717, 1.165) is 22.4 Å². The highest BCUT2D eigenvalue weighted by molar-refractivity contribution is 6.31. The van der Waals surface area contributed by atoms with Gasteiger partial charge in [-0.05, 0) is 60.0 Å². The van der Waals surface area contributed by atoms with Gasteiger partial charge >= 0.3 is 0 Å². The molecule has 0 aliphatic rings. The van der Waals surface area contributed by atoms with Crippen molar-refractivity contribution in [3.63, 3.8) is 0 Å². The zero-order valence-corrected chi connectivity index (χ0v) is 18.9. The average Bonchev–Trinajstić information content (AvgIpc) is 3.21. The van der Waals surface area contributed by atoms with Gasteiger partial charge in [-0.1, -0.05) is 53.5 Å². The zero-order valence-electron chi connectivity index (χ0n) is 17.4. The summed E-state index contributed by atoms with van der Waals surface area (Å²) in [5, 5.41) is 8.61. The van der Waals surface area contributed by atoms with Gasteiger partial charge in [0, 0.05) is 27.9 Å². The van der Waals surface area contributed by atoms with Crippen LogP contribution in [0.15, 0.2) is 79.0 Å². The molecule has 0 bridgehead atoms. The lowest BCUT2D eigenvalue weighted by Crippen LogP contribution is -2.13. The molecular formula is C25H21Cl2N3O2. The Balaban J connectivity index is 1.39. The third-order valence-electron chi connectivity index (χ3n) is 4.89. The lowest BCUT2D eigenvalue weighted by molar-refractivity contribution is 0.102. The molecule has 4 aromatic rings. The van der Waals surface area contributed by atoms with Gasteiger partial charge in [-0.2, -0.15) is 5.10 Å². The number of ether oxygens (including phenoxy) is 1. The van der Waals surface area contributed by atoms with Crippen LogP contribution in [0.1, 0.15) is 27.0 Å². The van der Waals surface area contributed by atoms with Gasteiger partial charge in [-0.15, -0.1) is 0 Å². The maximum absolute atomic E-state index is 12.7. The molecule has 162 valence electrons. The molecule has 5 nitrogen and oxygen atoms in total. The highest BCUT2D eigenvalue weighted by Gasteiger charge is 2.10. The number of carbonyl (C=O) groups is 1. The monoisotopic (exact) mass is 465 g/mol. The molecule has 0 unspecified atom stereocenters. The Morgan fingerprint density at radius 1 is 1.03 bits per heavy atom. The Morgan fingerprint density at radius 2 is 1.88 bits per heavy atom. The third kappa shape index (κ3) is 5.49. The minimum atomic E-state index is -0.238. The zero-order chi connectivity index (χ0) is 22.5. The van der Waals surface area contributed by atoms with Crippen molar-refractivity contribution in [1.29, 1.82) is 0 Å². The lowest BCUT2D eigenvalue weighted by atomic mass is 10.1. The van der Waals surface area contributed by atoms with Crippen LogP contribution in [0.2, 0.25) is 10.0 Å². The first-order valence-electron chi connectivity index (χ1n) is 10.0. The van der Waals surface area contributed by atoms with Gasteiger partial charge in [0.2, 0.25) is 0 Å². The number of rotatable bonds is 7. The first-order chi connectivity index (χ1) is 15.5. The molecule has 1 amide bonds. The summed E-state index contributed by atoms with van der Waals surface area (Å²) in [4.78, 5) is 12.7. The SMILES string of the molecule is Cc1cc(Cl)ccc1OCc1cccc(C(=O)Nc2ccn(Cc3ccccc3Cl)n2)c1. The van der Waals surface area contributed by atoms with Crippen molar-refractivity contribution in [3.8, 4) is 5.75 Å². The van der Waals surface area contributed by atoms with Gasteiger partial charge in [-0.3, -0.25) is 9.48 Å². The second kappa shape index (κ2) is 9.90. The number of aryl methyl sites for hydroxylation is 1. The molecular weight excluding hydrogens is 445 g/mol. The fraction of sp³-hybridized carbons (Fsp3) is 0.120. The third-order valence-corrected chi connectivity index (χ3v) is 5.50. The summed E-state index contributed by atoms with van der Waals surface area (Å²) in [6, 6.07) is 22.2. The number of amides is 1. The fourth-order valence-electron chi connectivity index (χ4n) is 3.24. The van der Waals surface area contributed by atoms with Crippen LogP contribution < -0.4 is 10.1 Å². The number of carbonyl (C=O) groups excluding carboxylic acids is 1. The normalized spacial score (nSPS) is 10.7. The molecule has 1 aromatic heterocycles. The smallest absolute Gasteiger partial charge is 0.256 e. The fourth-order valence-corrected chi connectivity index (χ4v) is 3.67. The number of halogens is 2. The Bertz CT molecular complexity index is 1250. The molecule has 3 aromatic carbocycles. The van der Waals surface area contributed by atoms with Crippen LogP contribution in [0.4, 0.5) is 5.82 Å². The summed E-state index contributed by atoms with van der Waals surface area (Å²) >= 11 is 12.2. The lowest BCUT2D eigenvalue weighted by Gasteiger charge is -2.10. The highest BCUT2D eigenvalue weighted by atomic mass is 35.5. The van der Waals surface area contributed by atoms with Crippen LogP contribution in [-0.2, 0) is 13.2 Å². The van der Waals surface area contributed by atoms with Crippen molar-refractivity contribution in [3.05, 3.63) is 111 Å². The number of nitrogens with one attached hydrogen (secondary N) is 1. The van der Waals surface area contributed by atoms with Crippen LogP contribution in [0, 0.1) is 6.92 Å². The minimum absolute atomic E-state index is 0.238. The van der Waals surface area contributed by atoms with E-state index in [1.54, 1.807) is 35.1 Å². The van der Waals surface area contributed by atoms with E-state index in [9.17, 15) is 4.79 Å². The van der Waals surface area contributed by atoms with E-state index >= 15 is 0 Å². The molecule has 1 N–H and O–H groups in total. The number of anilines is 1. The first-order valence-corrected chi connectivity index (χ1v) is 10.8. The van der Waals surface area contributed by atoms with E-state index in [-0.39, 0.29) is 5.91 Å². The van der Waals surface area contributed by atoms with Crippen molar-refractivity contribution in [2.45, 2.75) is 20.1 Å². The number of nitrogens with zero attached hydrogens (tertiary/aromatic N) is 2. The average molecular weight is 466 g/mol. The summed E-state index contributed by atoms with van der Waals surface area (Å²) in [6.45, 7) is 2.80. The van der Waals surface area contributed by atoms with Crippen molar-refractivity contribution in [2.75, 3.05) is 5.32 Å². The number of hydrogen-bond acceptors (Lipinski definition) is 3. The van der Waals surface area contributed by atoms with Crippen molar-refractivity contribution in [1.82, 2.24) is 9.78 Å². The van der Waals surface area contributed by atoms with Crippen molar-refractivity contribution >= 4 is 34.9 Å². The molecule has 0 spiro atoms. The Labute approximate surface area is 196 Å². The van der Waals surface area contributed by atoms with E-state index in [2.05, 4.69) is 10.4 Å². The number of hydrogen-bond donors (Lipinski definition) is 1. The van der Waals surface area contributed by atoms with Gasteiger partial charge in [0.05, 0.1) is 6.54 Å². The van der Waals surface area contributed by atoms with Gasteiger partial charge in [0.25, 0.3) is 5.91 Å². The quantitative estimate of drug-likeness (QED) is 0.344. The summed E-state index contributed by atoms with van der Waals surface area (Å²) in [7, 11) is 0. The van der Waals surface area contributed by atoms with E-state index < -0.39 is 0 Å². The summed E-state index contributed by atoms with van der Waals surface area (Å²) in [5.74, 6) is 0.992. The molecule has 0 radical (unpaired) electrons. The van der Waals surface area contributed by atoms with Crippen molar-refractivity contribution < 1.29 is 9.53 Å². The van der Waals surface area contributed by atoms with Gasteiger partial charge in [-0.25, -0.2) is 0 Å². The molecule has 7 heteroatoms. The second-order valence-corrected chi connectivity index (χ2v) is 8.19. The Kier molecular flexibility index (Phi) is 6.78. The van der Waals surface area contributed by atoms with E-state index in [1.165, 1.54) is 0 Å². The summed E-state index contributed by atoms with van der Waals surface area (Å²) < 4.78 is 7.62. The largest absolute Gasteiger partial charge is 0.489 e. The summed E-state index contributed by atoms with van der Waals surface area (Å²) in [6.07, 6.45) is 1.80. The maximum atomic E-state index is 12.7. The van der Waals surface area contributed by atoms with E-state index in [0.29, 0.717) is 34.6 Å². The molecule has 32 heavy (non-hydrogen) atoms. The molecule has 0 aliphatic heterocycles. The summed E-state index contributed by atoms with van der Waals surface area (Å²) in [5.41, 5.74) is 3.33. The van der Waals surface area contributed by atoms with Crippen LogP contribution in [-0.4, -0.2) is 15.7 Å². The molecule has 0 aliphatic carbocycles. The number of benzene rings is 3. The molecule has 0 fully saturated rings.